The topological polar surface area (TPSA) is 36.4 Å². The van der Waals surface area contributed by atoms with Crippen LogP contribution < -0.4 is 10.6 Å². The minimum absolute atomic E-state index is 0.0621. The third kappa shape index (κ3) is 4.79. The zero-order chi connectivity index (χ0) is 26.7. The van der Waals surface area contributed by atoms with E-state index in [1.54, 1.807) is 0 Å². The van der Waals surface area contributed by atoms with Gasteiger partial charge in [0.25, 0.3) is 0 Å². The van der Waals surface area contributed by atoms with Gasteiger partial charge in [-0.05, 0) is 62.4 Å². The number of nitrogens with zero attached hydrogens (tertiary/aromatic N) is 1. The van der Waals surface area contributed by atoms with Crippen molar-refractivity contribution in [1.29, 1.82) is 0 Å². The lowest BCUT2D eigenvalue weighted by Gasteiger charge is -2.32. The van der Waals surface area contributed by atoms with Gasteiger partial charge in [-0.1, -0.05) is 133 Å². The van der Waals surface area contributed by atoms with Gasteiger partial charge in [-0.2, -0.15) is 0 Å². The third-order valence-corrected chi connectivity index (χ3v) is 7.53. The molecule has 6 aromatic carbocycles. The van der Waals surface area contributed by atoms with Crippen LogP contribution in [0, 0.1) is 0 Å². The second kappa shape index (κ2) is 10.6. The number of hydrogen-bond donors (Lipinski definition) is 2. The molecule has 0 bridgehead atoms. The average molecular weight is 516 g/mol. The molecular weight excluding hydrogens is 486 g/mol. The van der Waals surface area contributed by atoms with Crippen molar-refractivity contribution >= 4 is 16.6 Å². The molecule has 1 aliphatic rings. The molecule has 1 heterocycles. The standard InChI is InChI=1S/C37H29N3/c1-4-13-26(14-5-1)34-25-32(24-30-19-10-11-22-33(30)34)29-20-12-21-31(23-29)37-39-35(27-15-6-2-7-16-27)38-36(40-37)28-17-8-3-9-18-28/h1-25,35-36,38H,(H,39,40). The van der Waals surface area contributed by atoms with Crippen LogP contribution >= 0.6 is 0 Å². The molecule has 192 valence electrons. The maximum absolute atomic E-state index is 5.14. The number of benzene rings is 6. The highest BCUT2D eigenvalue weighted by Crippen LogP contribution is 2.35. The Hall–Kier alpha value is -4.99. The van der Waals surface area contributed by atoms with Gasteiger partial charge in [0.05, 0.1) is 0 Å². The average Bonchev–Trinajstić information content (AvgIpc) is 3.05. The maximum Gasteiger partial charge on any atom is 0.131 e. The molecule has 3 heteroatoms. The minimum atomic E-state index is -0.156. The molecule has 2 N–H and O–H groups in total. The van der Waals surface area contributed by atoms with E-state index < -0.39 is 0 Å². The highest BCUT2D eigenvalue weighted by Gasteiger charge is 2.25. The van der Waals surface area contributed by atoms with Gasteiger partial charge >= 0.3 is 0 Å². The highest BCUT2D eigenvalue weighted by molar-refractivity contribution is 6.02. The summed E-state index contributed by atoms with van der Waals surface area (Å²) in [6.07, 6.45) is -0.218. The summed E-state index contributed by atoms with van der Waals surface area (Å²) < 4.78 is 0. The SMILES string of the molecule is c1ccc(-c2cc(-c3cccc(C4=NC(c5ccccc5)NC(c5ccccc5)N4)c3)cc3ccccc23)cc1. The minimum Gasteiger partial charge on any atom is -0.350 e. The van der Waals surface area contributed by atoms with Crippen LogP contribution in [-0.4, -0.2) is 5.84 Å². The summed E-state index contributed by atoms with van der Waals surface area (Å²) in [7, 11) is 0. The monoisotopic (exact) mass is 515 g/mol. The Kier molecular flexibility index (Phi) is 6.41. The van der Waals surface area contributed by atoms with Crippen LogP contribution in [0.15, 0.2) is 157 Å². The van der Waals surface area contributed by atoms with E-state index in [1.165, 1.54) is 33.0 Å². The molecule has 0 saturated carbocycles. The fourth-order valence-electron chi connectivity index (χ4n) is 5.51. The van der Waals surface area contributed by atoms with Crippen LogP contribution in [0.5, 0.6) is 0 Å². The summed E-state index contributed by atoms with van der Waals surface area (Å²) in [5, 5.41) is 9.84. The fraction of sp³-hybridized carbons (Fsp3) is 0.0541. The summed E-state index contributed by atoms with van der Waals surface area (Å²) in [5.74, 6) is 0.882. The molecule has 2 unspecified atom stereocenters. The molecule has 7 rings (SSSR count). The Bertz CT molecular complexity index is 1790. The van der Waals surface area contributed by atoms with Crippen molar-refractivity contribution in [2.45, 2.75) is 12.3 Å². The van der Waals surface area contributed by atoms with E-state index in [0.717, 1.165) is 22.5 Å². The molecule has 0 radical (unpaired) electrons. The Morgan fingerprint density at radius 2 is 1.10 bits per heavy atom. The van der Waals surface area contributed by atoms with Crippen molar-refractivity contribution in [1.82, 2.24) is 10.6 Å². The summed E-state index contributed by atoms with van der Waals surface area (Å²) in [6.45, 7) is 0. The van der Waals surface area contributed by atoms with Crippen molar-refractivity contribution in [3.05, 3.63) is 168 Å². The van der Waals surface area contributed by atoms with Crippen molar-refractivity contribution in [3.8, 4) is 22.3 Å². The smallest absolute Gasteiger partial charge is 0.131 e. The number of nitrogens with one attached hydrogen (secondary N) is 2. The molecule has 0 spiro atoms. The summed E-state index contributed by atoms with van der Waals surface area (Å²) in [6, 6.07) is 53.5. The van der Waals surface area contributed by atoms with E-state index in [2.05, 4.69) is 150 Å². The number of hydrogen-bond acceptors (Lipinski definition) is 3. The van der Waals surface area contributed by atoms with Crippen molar-refractivity contribution in [2.75, 3.05) is 0 Å². The van der Waals surface area contributed by atoms with Gasteiger partial charge in [0.1, 0.15) is 18.2 Å². The molecule has 0 amide bonds. The van der Waals surface area contributed by atoms with Gasteiger partial charge in [-0.25, -0.2) is 4.99 Å². The molecule has 2 atom stereocenters. The molecule has 40 heavy (non-hydrogen) atoms. The van der Waals surface area contributed by atoms with Gasteiger partial charge in [-0.15, -0.1) is 0 Å². The highest BCUT2D eigenvalue weighted by atomic mass is 15.3. The third-order valence-electron chi connectivity index (χ3n) is 7.53. The first-order chi connectivity index (χ1) is 19.8. The molecule has 1 aliphatic heterocycles. The number of amidine groups is 1. The van der Waals surface area contributed by atoms with Gasteiger partial charge < -0.3 is 5.32 Å². The van der Waals surface area contributed by atoms with Gasteiger partial charge in [0.15, 0.2) is 0 Å². The van der Waals surface area contributed by atoms with Gasteiger partial charge in [0, 0.05) is 5.56 Å². The quantitative estimate of drug-likeness (QED) is 0.241. The molecule has 0 fully saturated rings. The van der Waals surface area contributed by atoms with Crippen LogP contribution in [0.4, 0.5) is 0 Å². The van der Waals surface area contributed by atoms with E-state index in [1.807, 2.05) is 12.1 Å². The van der Waals surface area contributed by atoms with E-state index in [4.69, 9.17) is 4.99 Å². The molecule has 0 saturated heterocycles. The number of rotatable bonds is 5. The van der Waals surface area contributed by atoms with Crippen molar-refractivity contribution < 1.29 is 0 Å². The van der Waals surface area contributed by atoms with E-state index in [-0.39, 0.29) is 12.3 Å². The lowest BCUT2D eigenvalue weighted by Crippen LogP contribution is -2.44. The molecule has 0 aliphatic carbocycles. The fourth-order valence-corrected chi connectivity index (χ4v) is 5.51. The lowest BCUT2D eigenvalue weighted by molar-refractivity contribution is 0.409. The Labute approximate surface area is 234 Å². The largest absolute Gasteiger partial charge is 0.350 e. The van der Waals surface area contributed by atoms with Crippen LogP contribution in [0.25, 0.3) is 33.0 Å². The van der Waals surface area contributed by atoms with E-state index >= 15 is 0 Å². The first kappa shape index (κ1) is 24.1. The van der Waals surface area contributed by atoms with Crippen molar-refractivity contribution in [2.24, 2.45) is 4.99 Å². The van der Waals surface area contributed by atoms with Crippen molar-refractivity contribution in [3.63, 3.8) is 0 Å². The lowest BCUT2D eigenvalue weighted by atomic mass is 9.92. The van der Waals surface area contributed by atoms with Crippen LogP contribution in [-0.2, 0) is 0 Å². The number of aliphatic imine (C=N–C) groups is 1. The predicted octanol–water partition coefficient (Wildman–Crippen LogP) is 8.51. The van der Waals surface area contributed by atoms with Gasteiger partial charge in [0.2, 0.25) is 0 Å². The van der Waals surface area contributed by atoms with E-state index in [9.17, 15) is 0 Å². The zero-order valence-electron chi connectivity index (χ0n) is 22.0. The molecular formula is C37H29N3. The summed E-state index contributed by atoms with van der Waals surface area (Å²) >= 11 is 0. The summed E-state index contributed by atoms with van der Waals surface area (Å²) in [4.78, 5) is 5.14. The van der Waals surface area contributed by atoms with Crippen LogP contribution in [0.2, 0.25) is 0 Å². The van der Waals surface area contributed by atoms with Gasteiger partial charge in [-0.3, -0.25) is 5.32 Å². The zero-order valence-corrected chi connectivity index (χ0v) is 22.0. The maximum atomic E-state index is 5.14. The van der Waals surface area contributed by atoms with E-state index in [0.29, 0.717) is 0 Å². The molecule has 6 aromatic rings. The molecule has 3 nitrogen and oxygen atoms in total. The molecule has 0 aromatic heterocycles. The Morgan fingerprint density at radius 3 is 1.88 bits per heavy atom. The Balaban J connectivity index is 1.32. The second-order valence-electron chi connectivity index (χ2n) is 10.1. The second-order valence-corrected chi connectivity index (χ2v) is 10.1. The first-order valence-electron chi connectivity index (χ1n) is 13.7. The first-order valence-corrected chi connectivity index (χ1v) is 13.7. The van der Waals surface area contributed by atoms with Crippen LogP contribution in [0.1, 0.15) is 29.0 Å². The normalized spacial score (nSPS) is 16.8. The number of fused-ring (bicyclic) bond motifs is 1. The predicted molar refractivity (Wildman–Crippen MR) is 166 cm³/mol. The van der Waals surface area contributed by atoms with Crippen LogP contribution in [0.3, 0.4) is 0 Å². The Morgan fingerprint density at radius 1 is 0.475 bits per heavy atom. The summed E-state index contributed by atoms with van der Waals surface area (Å²) in [5.41, 5.74) is 8.19.